The van der Waals surface area contributed by atoms with Gasteiger partial charge in [-0.2, -0.15) is 5.26 Å². The first kappa shape index (κ1) is 19.9. The predicted octanol–water partition coefficient (Wildman–Crippen LogP) is 2.10. The number of halogens is 1. The molecule has 0 fully saturated rings. The molecule has 1 amide bonds. The third kappa shape index (κ3) is 4.59. The van der Waals surface area contributed by atoms with Crippen LogP contribution in [-0.2, 0) is 19.6 Å². The Morgan fingerprint density at radius 1 is 1.38 bits per heavy atom. The largest absolute Gasteiger partial charge is 0.449 e. The summed E-state index contributed by atoms with van der Waals surface area (Å²) in [7, 11) is -4.04. The van der Waals surface area contributed by atoms with Gasteiger partial charge in [0.15, 0.2) is 6.10 Å². The Morgan fingerprint density at radius 2 is 2.08 bits per heavy atom. The molecule has 0 aliphatic carbocycles. The third-order valence-corrected chi connectivity index (χ3v) is 5.23. The van der Waals surface area contributed by atoms with Crippen molar-refractivity contribution in [1.29, 1.82) is 5.26 Å². The van der Waals surface area contributed by atoms with E-state index in [9.17, 15) is 18.0 Å². The van der Waals surface area contributed by atoms with E-state index in [1.54, 1.807) is 5.38 Å². The van der Waals surface area contributed by atoms with Crippen LogP contribution in [0.25, 0.3) is 0 Å². The molecule has 2 rings (SSSR count). The zero-order valence-corrected chi connectivity index (χ0v) is 15.6. The number of hydrogen-bond donors (Lipinski definition) is 2. The van der Waals surface area contributed by atoms with Crippen molar-refractivity contribution in [3.05, 3.63) is 45.8 Å². The molecule has 3 N–H and O–H groups in total. The number of esters is 1. The summed E-state index contributed by atoms with van der Waals surface area (Å²) in [6, 6.07) is 6.75. The van der Waals surface area contributed by atoms with Crippen molar-refractivity contribution >= 4 is 49.8 Å². The van der Waals surface area contributed by atoms with Crippen molar-refractivity contribution < 1.29 is 22.7 Å². The van der Waals surface area contributed by atoms with Gasteiger partial charge in [0.25, 0.3) is 5.91 Å². The van der Waals surface area contributed by atoms with E-state index in [-0.39, 0.29) is 21.0 Å². The van der Waals surface area contributed by atoms with Crippen LogP contribution in [0.2, 0.25) is 5.02 Å². The minimum absolute atomic E-state index is 0.0555. The Kier molecular flexibility index (Phi) is 5.99. The first-order valence-corrected chi connectivity index (χ1v) is 9.75. The van der Waals surface area contributed by atoms with Gasteiger partial charge in [-0.05, 0) is 36.6 Å². The fraction of sp³-hybridized carbons (Fsp3) is 0.133. The van der Waals surface area contributed by atoms with Crippen LogP contribution in [-0.4, -0.2) is 26.4 Å². The fourth-order valence-corrected chi connectivity index (χ4v) is 3.30. The Labute approximate surface area is 158 Å². The molecule has 136 valence electrons. The van der Waals surface area contributed by atoms with Crippen LogP contribution in [0.15, 0.2) is 34.5 Å². The maximum Gasteiger partial charge on any atom is 0.340 e. The molecule has 0 saturated heterocycles. The normalized spacial score (nSPS) is 12.1. The number of ether oxygens (including phenoxy) is 1. The van der Waals surface area contributed by atoms with E-state index in [0.717, 1.165) is 23.5 Å². The Bertz CT molecular complexity index is 1010. The van der Waals surface area contributed by atoms with E-state index in [1.807, 2.05) is 6.07 Å². The number of hydrogen-bond acceptors (Lipinski definition) is 7. The molecule has 11 heteroatoms. The van der Waals surface area contributed by atoms with E-state index >= 15 is 0 Å². The van der Waals surface area contributed by atoms with Crippen LogP contribution in [0.5, 0.6) is 0 Å². The number of amides is 1. The molecule has 0 bridgehead atoms. The second kappa shape index (κ2) is 7.84. The lowest BCUT2D eigenvalue weighted by atomic mass is 10.2. The summed E-state index contributed by atoms with van der Waals surface area (Å²) < 4.78 is 27.8. The number of anilines is 1. The highest BCUT2D eigenvalue weighted by atomic mass is 35.5. The molecule has 2 aromatic rings. The van der Waals surface area contributed by atoms with Crippen LogP contribution in [0.1, 0.15) is 22.8 Å². The lowest BCUT2D eigenvalue weighted by Gasteiger charge is -2.14. The number of sulfonamides is 1. The summed E-state index contributed by atoms with van der Waals surface area (Å²) in [6.07, 6.45) is -1.22. The van der Waals surface area contributed by atoms with Gasteiger partial charge < -0.3 is 10.1 Å². The molecule has 1 aromatic carbocycles. The van der Waals surface area contributed by atoms with Crippen molar-refractivity contribution in [1.82, 2.24) is 0 Å². The number of nitriles is 1. The minimum atomic E-state index is -4.04. The number of carbonyl (C=O) groups excluding carboxylic acids is 2. The van der Waals surface area contributed by atoms with Gasteiger partial charge in [-0.15, -0.1) is 11.3 Å². The van der Waals surface area contributed by atoms with Gasteiger partial charge in [0, 0.05) is 0 Å². The molecular weight excluding hydrogens is 402 g/mol. The molecule has 0 spiro atoms. The molecular formula is C15H12ClN3O5S2. The monoisotopic (exact) mass is 413 g/mol. The third-order valence-electron chi connectivity index (χ3n) is 3.16. The van der Waals surface area contributed by atoms with E-state index in [0.29, 0.717) is 5.00 Å². The van der Waals surface area contributed by atoms with E-state index < -0.39 is 28.0 Å². The number of rotatable bonds is 5. The number of benzene rings is 1. The number of nitrogens with two attached hydrogens (primary N) is 1. The Balaban J connectivity index is 2.14. The molecule has 1 aromatic heterocycles. The SMILES string of the molecule is C[C@H](OC(=O)c1cc(S(N)(=O)=O)ccc1Cl)C(=O)Nc1sccc1C#N. The highest BCUT2D eigenvalue weighted by molar-refractivity contribution is 7.89. The van der Waals surface area contributed by atoms with Crippen LogP contribution in [0.4, 0.5) is 5.00 Å². The summed E-state index contributed by atoms with van der Waals surface area (Å²) in [5.41, 5.74) is 0.0393. The zero-order valence-electron chi connectivity index (χ0n) is 13.2. The van der Waals surface area contributed by atoms with Crippen molar-refractivity contribution in [3.63, 3.8) is 0 Å². The number of thiophene rings is 1. The topological polar surface area (TPSA) is 139 Å². The van der Waals surface area contributed by atoms with E-state index in [4.69, 9.17) is 26.7 Å². The van der Waals surface area contributed by atoms with Gasteiger partial charge in [-0.3, -0.25) is 4.79 Å². The quantitative estimate of drug-likeness (QED) is 0.719. The average Bonchev–Trinajstić information content (AvgIpc) is 3.01. The van der Waals surface area contributed by atoms with Crippen molar-refractivity contribution in [2.75, 3.05) is 5.32 Å². The van der Waals surface area contributed by atoms with Crippen LogP contribution in [0, 0.1) is 11.3 Å². The van der Waals surface area contributed by atoms with Crippen molar-refractivity contribution in [2.45, 2.75) is 17.9 Å². The molecule has 0 aliphatic rings. The van der Waals surface area contributed by atoms with Gasteiger partial charge in [0.05, 0.1) is 21.0 Å². The zero-order chi connectivity index (χ0) is 19.5. The minimum Gasteiger partial charge on any atom is -0.449 e. The first-order valence-electron chi connectivity index (χ1n) is 6.95. The summed E-state index contributed by atoms with van der Waals surface area (Å²) in [5.74, 6) is -1.65. The molecule has 0 unspecified atom stereocenters. The van der Waals surface area contributed by atoms with Gasteiger partial charge in [-0.25, -0.2) is 18.4 Å². The molecule has 1 atom stereocenters. The van der Waals surface area contributed by atoms with Gasteiger partial charge in [0.2, 0.25) is 10.0 Å². The molecule has 0 saturated carbocycles. The summed E-state index contributed by atoms with van der Waals surface area (Å²) in [4.78, 5) is 24.0. The smallest absolute Gasteiger partial charge is 0.340 e. The second-order valence-electron chi connectivity index (χ2n) is 5.00. The van der Waals surface area contributed by atoms with E-state index in [1.165, 1.54) is 19.1 Å². The molecule has 0 aliphatic heterocycles. The lowest BCUT2D eigenvalue weighted by Crippen LogP contribution is -2.30. The van der Waals surface area contributed by atoms with Crippen LogP contribution < -0.4 is 10.5 Å². The maximum atomic E-state index is 12.2. The summed E-state index contributed by atoms with van der Waals surface area (Å²) >= 11 is 7.03. The van der Waals surface area contributed by atoms with Crippen LogP contribution >= 0.6 is 22.9 Å². The Morgan fingerprint density at radius 3 is 2.69 bits per heavy atom. The highest BCUT2D eigenvalue weighted by Gasteiger charge is 2.23. The summed E-state index contributed by atoms with van der Waals surface area (Å²) in [6.45, 7) is 1.32. The fourth-order valence-electron chi connectivity index (χ4n) is 1.82. The predicted molar refractivity (Wildman–Crippen MR) is 95.4 cm³/mol. The average molecular weight is 414 g/mol. The van der Waals surface area contributed by atoms with Gasteiger partial charge in [0.1, 0.15) is 11.1 Å². The number of nitrogens with zero attached hydrogens (tertiary/aromatic N) is 1. The first-order chi connectivity index (χ1) is 12.1. The molecule has 0 radical (unpaired) electrons. The Hall–Kier alpha value is -2.45. The van der Waals surface area contributed by atoms with E-state index in [2.05, 4.69) is 5.32 Å². The standard InChI is InChI=1S/C15H12ClN3O5S2/c1-8(13(20)19-14-9(7-17)4-5-25-14)24-15(21)11-6-10(26(18,22)23)2-3-12(11)16/h2-6,8H,1H3,(H,19,20)(H2,18,22,23)/t8-/m0/s1. The van der Waals surface area contributed by atoms with Crippen molar-refractivity contribution in [3.8, 4) is 6.07 Å². The van der Waals surface area contributed by atoms with Crippen molar-refractivity contribution in [2.24, 2.45) is 5.14 Å². The molecule has 8 nitrogen and oxygen atoms in total. The molecule has 1 heterocycles. The highest BCUT2D eigenvalue weighted by Crippen LogP contribution is 2.23. The van der Waals surface area contributed by atoms with Crippen LogP contribution in [0.3, 0.4) is 0 Å². The van der Waals surface area contributed by atoms with Gasteiger partial charge >= 0.3 is 5.97 Å². The lowest BCUT2D eigenvalue weighted by molar-refractivity contribution is -0.123. The number of nitrogens with one attached hydrogen (secondary N) is 1. The summed E-state index contributed by atoms with van der Waals surface area (Å²) in [5, 5.41) is 18.3. The molecule has 26 heavy (non-hydrogen) atoms. The number of primary sulfonamides is 1. The second-order valence-corrected chi connectivity index (χ2v) is 7.88. The maximum absolute atomic E-state index is 12.2. The number of carbonyl (C=O) groups is 2. The van der Waals surface area contributed by atoms with Gasteiger partial charge in [-0.1, -0.05) is 11.6 Å².